The van der Waals surface area contributed by atoms with E-state index in [1.54, 1.807) is 17.5 Å². The number of thiazole rings is 1. The zero-order valence-electron chi connectivity index (χ0n) is 17.0. The number of hydrogen-bond acceptors (Lipinski definition) is 5. The summed E-state index contributed by atoms with van der Waals surface area (Å²) in [7, 11) is 0. The van der Waals surface area contributed by atoms with E-state index >= 15 is 0 Å². The minimum atomic E-state index is -0.0454. The van der Waals surface area contributed by atoms with Gasteiger partial charge in [-0.2, -0.15) is 5.10 Å². The lowest BCUT2D eigenvalue weighted by molar-refractivity contribution is -0.120. The molecule has 1 N–H and O–H groups in total. The molecule has 0 aliphatic carbocycles. The van der Waals surface area contributed by atoms with Gasteiger partial charge >= 0.3 is 0 Å². The number of rotatable bonds is 7. The van der Waals surface area contributed by atoms with E-state index in [1.807, 2.05) is 72.4 Å². The average Bonchev–Trinajstić information content (AvgIpc) is 3.31. The Morgan fingerprint density at radius 3 is 2.63 bits per heavy atom. The Bertz CT molecular complexity index is 1140. The lowest BCUT2D eigenvalue weighted by atomic mass is 10.2. The first-order valence-corrected chi connectivity index (χ1v) is 10.7. The second-order valence-electron chi connectivity index (χ2n) is 7.08. The number of pyridine rings is 1. The number of para-hydroxylation sites is 1. The number of benzene rings is 1. The van der Waals surface area contributed by atoms with Crippen LogP contribution in [0.25, 0.3) is 5.69 Å². The molecule has 152 valence electrons. The van der Waals surface area contributed by atoms with E-state index in [0.717, 1.165) is 39.0 Å². The summed E-state index contributed by atoms with van der Waals surface area (Å²) in [5.74, 6) is -0.0454. The lowest BCUT2D eigenvalue weighted by Crippen LogP contribution is -2.25. The summed E-state index contributed by atoms with van der Waals surface area (Å²) >= 11 is 1.56. The van der Waals surface area contributed by atoms with Gasteiger partial charge in [0.05, 0.1) is 28.5 Å². The van der Waals surface area contributed by atoms with Crippen LogP contribution in [0.2, 0.25) is 0 Å². The van der Waals surface area contributed by atoms with Crippen LogP contribution in [0.5, 0.6) is 0 Å². The van der Waals surface area contributed by atoms with Crippen molar-refractivity contribution in [3.05, 3.63) is 93.5 Å². The smallest absolute Gasteiger partial charge is 0.226 e. The zero-order valence-corrected chi connectivity index (χ0v) is 17.8. The first kappa shape index (κ1) is 20.0. The third kappa shape index (κ3) is 4.63. The van der Waals surface area contributed by atoms with Gasteiger partial charge in [0.1, 0.15) is 0 Å². The molecule has 0 aliphatic heterocycles. The standard InChI is InChI=1S/C23H23N5OS/c1-16-21(17(2)28(27-16)20-9-4-3-5-10-20)14-25-22(29)12-19-15-30-23(26-19)13-18-8-6-7-11-24-18/h3-11,15H,12-14H2,1-2H3,(H,25,29). The fourth-order valence-corrected chi connectivity index (χ4v) is 4.14. The van der Waals surface area contributed by atoms with E-state index in [0.29, 0.717) is 13.0 Å². The summed E-state index contributed by atoms with van der Waals surface area (Å²) in [6.45, 7) is 4.45. The molecule has 0 radical (unpaired) electrons. The highest BCUT2D eigenvalue weighted by molar-refractivity contribution is 7.09. The maximum absolute atomic E-state index is 12.5. The molecule has 0 spiro atoms. The molecule has 0 unspecified atom stereocenters. The summed E-state index contributed by atoms with van der Waals surface area (Å²) in [6, 6.07) is 15.8. The fourth-order valence-electron chi connectivity index (χ4n) is 3.33. The Hall–Kier alpha value is -3.32. The molecule has 1 aromatic carbocycles. The molecule has 3 aromatic heterocycles. The third-order valence-electron chi connectivity index (χ3n) is 4.90. The first-order valence-electron chi connectivity index (χ1n) is 9.80. The number of aromatic nitrogens is 4. The first-order chi connectivity index (χ1) is 14.6. The molecule has 0 fully saturated rings. The van der Waals surface area contributed by atoms with Gasteiger partial charge in [-0.15, -0.1) is 11.3 Å². The number of aryl methyl sites for hydroxylation is 1. The highest BCUT2D eigenvalue weighted by Gasteiger charge is 2.14. The Kier molecular flexibility index (Phi) is 5.99. The van der Waals surface area contributed by atoms with Crippen molar-refractivity contribution in [2.45, 2.75) is 33.2 Å². The quantitative estimate of drug-likeness (QED) is 0.497. The van der Waals surface area contributed by atoms with Crippen LogP contribution in [0, 0.1) is 13.8 Å². The van der Waals surface area contributed by atoms with E-state index < -0.39 is 0 Å². The summed E-state index contributed by atoms with van der Waals surface area (Å²) < 4.78 is 1.92. The van der Waals surface area contributed by atoms with Crippen LogP contribution in [0.3, 0.4) is 0 Å². The normalized spacial score (nSPS) is 10.9. The summed E-state index contributed by atoms with van der Waals surface area (Å²) in [5.41, 5.74) is 5.77. The second-order valence-corrected chi connectivity index (χ2v) is 8.02. The lowest BCUT2D eigenvalue weighted by Gasteiger charge is -2.07. The van der Waals surface area contributed by atoms with Gasteiger partial charge in [0.25, 0.3) is 0 Å². The average molecular weight is 418 g/mol. The van der Waals surface area contributed by atoms with Crippen molar-refractivity contribution in [1.29, 1.82) is 0 Å². The summed E-state index contributed by atoms with van der Waals surface area (Å²) in [4.78, 5) is 21.4. The van der Waals surface area contributed by atoms with Gasteiger partial charge in [0.15, 0.2) is 0 Å². The maximum atomic E-state index is 12.5. The predicted octanol–water partition coefficient (Wildman–Crippen LogP) is 3.79. The van der Waals surface area contributed by atoms with Gasteiger partial charge in [-0.3, -0.25) is 9.78 Å². The molecule has 0 bridgehead atoms. The number of amides is 1. The number of carbonyl (C=O) groups is 1. The minimum absolute atomic E-state index is 0.0454. The van der Waals surface area contributed by atoms with E-state index in [1.165, 1.54) is 0 Å². The van der Waals surface area contributed by atoms with Crippen molar-refractivity contribution in [2.24, 2.45) is 0 Å². The van der Waals surface area contributed by atoms with Crippen molar-refractivity contribution in [2.75, 3.05) is 0 Å². The maximum Gasteiger partial charge on any atom is 0.226 e. The Morgan fingerprint density at radius 1 is 1.07 bits per heavy atom. The molecule has 0 saturated carbocycles. The third-order valence-corrected chi connectivity index (χ3v) is 5.80. The van der Waals surface area contributed by atoms with E-state index in [-0.39, 0.29) is 12.3 Å². The molecule has 7 heteroatoms. The molecule has 0 aliphatic rings. The highest BCUT2D eigenvalue weighted by Crippen LogP contribution is 2.18. The van der Waals surface area contributed by atoms with Crippen LogP contribution in [-0.2, 0) is 24.2 Å². The van der Waals surface area contributed by atoms with Gasteiger partial charge in [-0.25, -0.2) is 9.67 Å². The number of carbonyl (C=O) groups excluding carboxylic acids is 1. The highest BCUT2D eigenvalue weighted by atomic mass is 32.1. The van der Waals surface area contributed by atoms with Gasteiger partial charge in [0, 0.05) is 41.5 Å². The fraction of sp³-hybridized carbons (Fsp3) is 0.217. The van der Waals surface area contributed by atoms with Crippen molar-refractivity contribution >= 4 is 17.2 Å². The molecule has 4 rings (SSSR count). The van der Waals surface area contributed by atoms with E-state index in [4.69, 9.17) is 0 Å². The molecular formula is C23H23N5OS. The minimum Gasteiger partial charge on any atom is -0.352 e. The molecule has 6 nitrogen and oxygen atoms in total. The summed E-state index contributed by atoms with van der Waals surface area (Å²) in [5, 5.41) is 10.6. The molecule has 1 amide bonds. The van der Waals surface area contributed by atoms with Crippen LogP contribution in [0.4, 0.5) is 0 Å². The molecule has 4 aromatic rings. The molecule has 30 heavy (non-hydrogen) atoms. The van der Waals surface area contributed by atoms with Crippen LogP contribution in [0.15, 0.2) is 60.1 Å². The van der Waals surface area contributed by atoms with Gasteiger partial charge in [0.2, 0.25) is 5.91 Å². The van der Waals surface area contributed by atoms with Crippen LogP contribution in [-0.4, -0.2) is 25.7 Å². The number of nitrogens with zero attached hydrogens (tertiary/aromatic N) is 4. The molecule has 3 heterocycles. The Balaban J connectivity index is 1.36. The largest absolute Gasteiger partial charge is 0.352 e. The Morgan fingerprint density at radius 2 is 1.87 bits per heavy atom. The zero-order chi connectivity index (χ0) is 20.9. The van der Waals surface area contributed by atoms with E-state index in [2.05, 4.69) is 20.4 Å². The van der Waals surface area contributed by atoms with Crippen LogP contribution in [0.1, 0.15) is 33.3 Å². The second kappa shape index (κ2) is 9.00. The van der Waals surface area contributed by atoms with Crippen molar-refractivity contribution in [1.82, 2.24) is 25.1 Å². The van der Waals surface area contributed by atoms with E-state index in [9.17, 15) is 4.79 Å². The monoisotopic (exact) mass is 417 g/mol. The van der Waals surface area contributed by atoms with Crippen LogP contribution < -0.4 is 5.32 Å². The number of hydrogen-bond donors (Lipinski definition) is 1. The molecule has 0 saturated heterocycles. The SMILES string of the molecule is Cc1nn(-c2ccccc2)c(C)c1CNC(=O)Cc1csc(Cc2ccccn2)n1. The van der Waals surface area contributed by atoms with Crippen LogP contribution >= 0.6 is 11.3 Å². The van der Waals surface area contributed by atoms with Crippen molar-refractivity contribution in [3.8, 4) is 5.69 Å². The van der Waals surface area contributed by atoms with Gasteiger partial charge in [-0.05, 0) is 38.1 Å². The molecular weight excluding hydrogens is 394 g/mol. The molecule has 0 atom stereocenters. The van der Waals surface area contributed by atoms with Gasteiger partial charge in [-0.1, -0.05) is 24.3 Å². The predicted molar refractivity (Wildman–Crippen MR) is 118 cm³/mol. The number of nitrogens with one attached hydrogen (secondary N) is 1. The van der Waals surface area contributed by atoms with Gasteiger partial charge < -0.3 is 5.32 Å². The summed E-state index contributed by atoms with van der Waals surface area (Å²) in [6.07, 6.45) is 2.73. The van der Waals surface area contributed by atoms with Crippen molar-refractivity contribution < 1.29 is 4.79 Å². The Labute approximate surface area is 179 Å². The van der Waals surface area contributed by atoms with Crippen molar-refractivity contribution in [3.63, 3.8) is 0 Å². The topological polar surface area (TPSA) is 72.7 Å².